The van der Waals surface area contributed by atoms with E-state index < -0.39 is 0 Å². The summed E-state index contributed by atoms with van der Waals surface area (Å²) in [6.45, 7) is 3.47. The second-order valence-corrected chi connectivity index (χ2v) is 3.29. The second kappa shape index (κ2) is 7.12. The van der Waals surface area contributed by atoms with Crippen molar-refractivity contribution in [2.24, 2.45) is 0 Å². The summed E-state index contributed by atoms with van der Waals surface area (Å²) in [6, 6.07) is 5.64. The fourth-order valence-corrected chi connectivity index (χ4v) is 1.45. The minimum absolute atomic E-state index is 0. The van der Waals surface area contributed by atoms with E-state index in [-0.39, 0.29) is 18.4 Å². The number of carbonyl (C=O) groups excluding carboxylic acids is 1. The van der Waals surface area contributed by atoms with E-state index in [4.69, 9.17) is 9.47 Å². The van der Waals surface area contributed by atoms with Crippen molar-refractivity contribution in [1.29, 1.82) is 0 Å². The number of halogens is 1. The summed E-state index contributed by atoms with van der Waals surface area (Å²) in [7, 11) is 1.57. The molecule has 3 nitrogen and oxygen atoms in total. The Kier molecular flexibility index (Phi) is 6.58. The lowest BCUT2D eigenvalue weighted by Gasteiger charge is -2.12. The quantitative estimate of drug-likeness (QED) is 0.603. The average molecular weight is 245 g/mol. The van der Waals surface area contributed by atoms with Gasteiger partial charge in [0.15, 0.2) is 11.5 Å². The first kappa shape index (κ1) is 14.8. The van der Waals surface area contributed by atoms with Crippen LogP contribution >= 0.6 is 12.4 Å². The fraction of sp³-hybridized carbons (Fsp3) is 0.417. The number of carbonyl (C=O) groups is 1. The van der Waals surface area contributed by atoms with Crippen molar-refractivity contribution >= 4 is 18.4 Å². The SMILES string of the molecule is CCCc1cccc(OC)c1OC(C)=O.Cl. The van der Waals surface area contributed by atoms with E-state index in [0.29, 0.717) is 11.5 Å². The third-order valence-corrected chi connectivity index (χ3v) is 2.05. The van der Waals surface area contributed by atoms with Crippen LogP contribution in [0.4, 0.5) is 0 Å². The molecule has 4 heteroatoms. The predicted molar refractivity (Wildman–Crippen MR) is 65.5 cm³/mol. The second-order valence-electron chi connectivity index (χ2n) is 3.29. The molecule has 0 radical (unpaired) electrons. The molecule has 0 heterocycles. The van der Waals surface area contributed by atoms with Crippen LogP contribution in [0, 0.1) is 0 Å². The standard InChI is InChI=1S/C12H16O3.ClH/c1-4-6-10-7-5-8-11(14-3)12(10)15-9(2)13;/h5,7-8H,4,6H2,1-3H3;1H. The third kappa shape index (κ3) is 3.74. The van der Waals surface area contributed by atoms with Crippen LogP contribution in [0.1, 0.15) is 25.8 Å². The molecule has 1 aromatic carbocycles. The van der Waals surface area contributed by atoms with Gasteiger partial charge in [0.25, 0.3) is 0 Å². The Hall–Kier alpha value is -1.22. The molecule has 0 aromatic heterocycles. The highest BCUT2D eigenvalue weighted by Gasteiger charge is 2.11. The number of rotatable bonds is 4. The molecule has 90 valence electrons. The van der Waals surface area contributed by atoms with Crippen molar-refractivity contribution in [2.75, 3.05) is 7.11 Å². The van der Waals surface area contributed by atoms with E-state index in [1.54, 1.807) is 13.2 Å². The minimum Gasteiger partial charge on any atom is -0.493 e. The van der Waals surface area contributed by atoms with Crippen molar-refractivity contribution in [3.8, 4) is 11.5 Å². The van der Waals surface area contributed by atoms with Gasteiger partial charge < -0.3 is 9.47 Å². The van der Waals surface area contributed by atoms with Gasteiger partial charge in [0.1, 0.15) is 0 Å². The Morgan fingerprint density at radius 2 is 2.06 bits per heavy atom. The smallest absolute Gasteiger partial charge is 0.308 e. The number of ether oxygens (including phenoxy) is 2. The van der Waals surface area contributed by atoms with Crippen molar-refractivity contribution in [1.82, 2.24) is 0 Å². The van der Waals surface area contributed by atoms with Gasteiger partial charge >= 0.3 is 5.97 Å². The zero-order valence-electron chi connectivity index (χ0n) is 9.78. The first-order chi connectivity index (χ1) is 7.19. The molecule has 0 saturated heterocycles. The molecular weight excluding hydrogens is 228 g/mol. The van der Waals surface area contributed by atoms with Crippen molar-refractivity contribution in [3.05, 3.63) is 23.8 Å². The molecule has 0 aliphatic rings. The van der Waals surface area contributed by atoms with Gasteiger partial charge in [-0.3, -0.25) is 4.79 Å². The maximum Gasteiger partial charge on any atom is 0.308 e. The molecule has 1 rings (SSSR count). The number of methoxy groups -OCH3 is 1. The summed E-state index contributed by atoms with van der Waals surface area (Å²) in [5.74, 6) is 0.836. The average Bonchev–Trinajstić information content (AvgIpc) is 2.20. The van der Waals surface area contributed by atoms with E-state index in [1.807, 2.05) is 12.1 Å². The van der Waals surface area contributed by atoms with Crippen molar-refractivity contribution in [3.63, 3.8) is 0 Å². The van der Waals surface area contributed by atoms with E-state index >= 15 is 0 Å². The zero-order valence-corrected chi connectivity index (χ0v) is 10.6. The Balaban J connectivity index is 0.00000225. The van der Waals surface area contributed by atoms with Crippen LogP contribution in [0.3, 0.4) is 0 Å². The number of hydrogen-bond acceptors (Lipinski definition) is 3. The van der Waals surface area contributed by atoms with Crippen LogP contribution in [0.2, 0.25) is 0 Å². The van der Waals surface area contributed by atoms with Gasteiger partial charge in [0.2, 0.25) is 0 Å². The van der Waals surface area contributed by atoms with Gasteiger partial charge in [0.05, 0.1) is 7.11 Å². The summed E-state index contributed by atoms with van der Waals surface area (Å²) < 4.78 is 10.3. The van der Waals surface area contributed by atoms with Crippen LogP contribution in [0.25, 0.3) is 0 Å². The normalized spacial score (nSPS) is 9.19. The van der Waals surface area contributed by atoms with Crippen LogP contribution in [-0.4, -0.2) is 13.1 Å². The molecule has 0 spiro atoms. The Bertz CT molecular complexity index is 350. The lowest BCUT2D eigenvalue weighted by molar-refractivity contribution is -0.132. The Morgan fingerprint density at radius 1 is 1.38 bits per heavy atom. The molecule has 0 N–H and O–H groups in total. The van der Waals surface area contributed by atoms with Gasteiger partial charge in [-0.15, -0.1) is 12.4 Å². The first-order valence-electron chi connectivity index (χ1n) is 5.03. The molecule has 0 aliphatic heterocycles. The lowest BCUT2D eigenvalue weighted by atomic mass is 10.1. The summed E-state index contributed by atoms with van der Waals surface area (Å²) in [5, 5.41) is 0. The largest absolute Gasteiger partial charge is 0.493 e. The van der Waals surface area contributed by atoms with Crippen molar-refractivity contribution < 1.29 is 14.3 Å². The number of hydrogen-bond donors (Lipinski definition) is 0. The molecule has 0 fully saturated rings. The summed E-state index contributed by atoms with van der Waals surface area (Å²) in [5.41, 5.74) is 1.01. The molecule has 1 aromatic rings. The van der Waals surface area contributed by atoms with Gasteiger partial charge in [-0.05, 0) is 18.1 Å². The monoisotopic (exact) mass is 244 g/mol. The summed E-state index contributed by atoms with van der Waals surface area (Å²) in [4.78, 5) is 11.0. The highest BCUT2D eigenvalue weighted by Crippen LogP contribution is 2.31. The number of benzene rings is 1. The summed E-state index contributed by atoms with van der Waals surface area (Å²) >= 11 is 0. The van der Waals surface area contributed by atoms with Gasteiger partial charge in [-0.2, -0.15) is 0 Å². The first-order valence-corrected chi connectivity index (χ1v) is 5.03. The molecule has 0 unspecified atom stereocenters. The van der Waals surface area contributed by atoms with Crippen LogP contribution in [0.15, 0.2) is 18.2 Å². The predicted octanol–water partition coefficient (Wildman–Crippen LogP) is 2.99. The van der Waals surface area contributed by atoms with Crippen LogP contribution in [0.5, 0.6) is 11.5 Å². The fourth-order valence-electron chi connectivity index (χ4n) is 1.45. The Morgan fingerprint density at radius 3 is 2.56 bits per heavy atom. The van der Waals surface area contributed by atoms with E-state index in [2.05, 4.69) is 6.92 Å². The minimum atomic E-state index is -0.322. The van der Waals surface area contributed by atoms with Gasteiger partial charge in [-0.1, -0.05) is 25.5 Å². The van der Waals surface area contributed by atoms with E-state index in [0.717, 1.165) is 18.4 Å². The van der Waals surface area contributed by atoms with Crippen molar-refractivity contribution in [2.45, 2.75) is 26.7 Å². The van der Waals surface area contributed by atoms with E-state index in [1.165, 1.54) is 6.92 Å². The maximum absolute atomic E-state index is 11.0. The van der Waals surface area contributed by atoms with Gasteiger partial charge in [0, 0.05) is 6.92 Å². The summed E-state index contributed by atoms with van der Waals surface area (Å²) in [6.07, 6.45) is 1.88. The molecular formula is C12H17ClO3. The van der Waals surface area contributed by atoms with Crippen LogP contribution < -0.4 is 9.47 Å². The number of esters is 1. The number of aryl methyl sites for hydroxylation is 1. The maximum atomic E-state index is 11.0. The topological polar surface area (TPSA) is 35.5 Å². The number of para-hydroxylation sites is 1. The highest BCUT2D eigenvalue weighted by atomic mass is 35.5. The molecule has 16 heavy (non-hydrogen) atoms. The van der Waals surface area contributed by atoms with Crippen LogP contribution in [-0.2, 0) is 11.2 Å². The highest BCUT2D eigenvalue weighted by molar-refractivity contribution is 5.85. The zero-order chi connectivity index (χ0) is 11.3. The van der Waals surface area contributed by atoms with Gasteiger partial charge in [-0.25, -0.2) is 0 Å². The molecule has 0 amide bonds. The third-order valence-electron chi connectivity index (χ3n) is 2.05. The molecule has 0 atom stereocenters. The Labute approximate surface area is 102 Å². The van der Waals surface area contributed by atoms with E-state index in [9.17, 15) is 4.79 Å². The lowest BCUT2D eigenvalue weighted by Crippen LogP contribution is -2.05. The molecule has 0 aliphatic carbocycles. The molecule has 0 bridgehead atoms. The molecule has 0 saturated carbocycles.